The highest BCUT2D eigenvalue weighted by atomic mass is 32.2. The van der Waals surface area contributed by atoms with Gasteiger partial charge in [-0.05, 0) is 43.4 Å². The SMILES string of the molecule is CC(C1CC1)N(Cc1ccccc1)C(=O)CSc1nnc2n(C)c(=O)c3ccccc3n12. The Kier molecular flexibility index (Phi) is 5.46. The molecule has 2 aromatic heterocycles. The first-order valence-corrected chi connectivity index (χ1v) is 11.8. The fourth-order valence-corrected chi connectivity index (χ4v) is 5.01. The molecule has 1 atom stereocenters. The summed E-state index contributed by atoms with van der Waals surface area (Å²) in [5.74, 6) is 1.40. The molecule has 0 saturated heterocycles. The lowest BCUT2D eigenvalue weighted by Crippen LogP contribution is -2.40. The van der Waals surface area contributed by atoms with Gasteiger partial charge in [0.15, 0.2) is 5.16 Å². The standard InChI is InChI=1S/C24H25N5O2S/c1-16(18-12-13-18)28(14-17-8-4-3-5-9-17)21(30)15-32-24-26-25-23-27(2)22(31)19-10-6-7-11-20(19)29(23)24/h3-11,16,18H,12-15H2,1-2H3. The molecule has 2 aromatic carbocycles. The summed E-state index contributed by atoms with van der Waals surface area (Å²) in [4.78, 5) is 28.0. The fraction of sp³-hybridized carbons (Fsp3) is 0.333. The Morgan fingerprint density at radius 3 is 2.59 bits per heavy atom. The van der Waals surface area contributed by atoms with Crippen LogP contribution < -0.4 is 5.56 Å². The van der Waals surface area contributed by atoms with Crippen LogP contribution in [0.5, 0.6) is 0 Å². The van der Waals surface area contributed by atoms with Gasteiger partial charge in [0.1, 0.15) is 0 Å². The molecule has 32 heavy (non-hydrogen) atoms. The zero-order chi connectivity index (χ0) is 22.2. The van der Waals surface area contributed by atoms with Crippen LogP contribution in [0.1, 0.15) is 25.3 Å². The molecule has 1 amide bonds. The summed E-state index contributed by atoms with van der Waals surface area (Å²) in [6, 6.07) is 17.8. The minimum absolute atomic E-state index is 0.0872. The number of benzene rings is 2. The van der Waals surface area contributed by atoms with Crippen molar-refractivity contribution in [2.24, 2.45) is 13.0 Å². The molecule has 1 fully saturated rings. The van der Waals surface area contributed by atoms with Crippen LogP contribution in [0.25, 0.3) is 16.7 Å². The van der Waals surface area contributed by atoms with Crippen LogP contribution in [0.2, 0.25) is 0 Å². The summed E-state index contributed by atoms with van der Waals surface area (Å²) >= 11 is 1.37. The van der Waals surface area contributed by atoms with Crippen molar-refractivity contribution in [3.8, 4) is 0 Å². The number of aryl methyl sites for hydroxylation is 1. The smallest absolute Gasteiger partial charge is 0.262 e. The summed E-state index contributed by atoms with van der Waals surface area (Å²) in [5.41, 5.74) is 1.77. The van der Waals surface area contributed by atoms with Gasteiger partial charge >= 0.3 is 0 Å². The van der Waals surface area contributed by atoms with Gasteiger partial charge in [0.25, 0.3) is 5.56 Å². The number of amides is 1. The number of aromatic nitrogens is 4. The molecule has 0 bridgehead atoms. The first-order valence-electron chi connectivity index (χ1n) is 10.8. The molecule has 2 heterocycles. The van der Waals surface area contributed by atoms with Gasteiger partial charge in [-0.15, -0.1) is 10.2 Å². The van der Waals surface area contributed by atoms with Gasteiger partial charge < -0.3 is 4.90 Å². The maximum Gasteiger partial charge on any atom is 0.262 e. The van der Waals surface area contributed by atoms with E-state index in [1.54, 1.807) is 13.1 Å². The van der Waals surface area contributed by atoms with Crippen molar-refractivity contribution in [3.63, 3.8) is 0 Å². The van der Waals surface area contributed by atoms with Gasteiger partial charge in [-0.25, -0.2) is 0 Å². The topological polar surface area (TPSA) is 72.5 Å². The van der Waals surface area contributed by atoms with E-state index in [-0.39, 0.29) is 23.3 Å². The summed E-state index contributed by atoms with van der Waals surface area (Å²) < 4.78 is 3.36. The van der Waals surface area contributed by atoms with Gasteiger partial charge in [-0.2, -0.15) is 0 Å². The van der Waals surface area contributed by atoms with E-state index in [0.717, 1.165) is 11.1 Å². The molecule has 164 valence electrons. The number of rotatable bonds is 7. The average molecular weight is 448 g/mol. The number of para-hydroxylation sites is 1. The van der Waals surface area contributed by atoms with E-state index in [1.807, 2.05) is 45.7 Å². The van der Waals surface area contributed by atoms with Crippen LogP contribution in [0, 0.1) is 5.92 Å². The van der Waals surface area contributed by atoms with Gasteiger partial charge in [0, 0.05) is 19.6 Å². The summed E-state index contributed by atoms with van der Waals surface area (Å²) in [6.07, 6.45) is 2.36. The van der Waals surface area contributed by atoms with Crippen molar-refractivity contribution in [2.45, 2.75) is 37.5 Å². The zero-order valence-corrected chi connectivity index (χ0v) is 19.0. The lowest BCUT2D eigenvalue weighted by atomic mass is 10.1. The summed E-state index contributed by atoms with van der Waals surface area (Å²) in [5, 5.41) is 9.73. The number of hydrogen-bond donors (Lipinski definition) is 0. The van der Waals surface area contributed by atoms with E-state index in [1.165, 1.54) is 29.2 Å². The average Bonchev–Trinajstić information content (AvgIpc) is 3.59. The van der Waals surface area contributed by atoms with Crippen LogP contribution in [0.4, 0.5) is 0 Å². The molecular formula is C24H25N5O2S. The number of thioether (sulfide) groups is 1. The van der Waals surface area contributed by atoms with E-state index in [0.29, 0.717) is 28.8 Å². The summed E-state index contributed by atoms with van der Waals surface area (Å²) in [6.45, 7) is 2.76. The first kappa shape index (κ1) is 20.8. The molecule has 0 spiro atoms. The van der Waals surface area contributed by atoms with Crippen LogP contribution in [-0.2, 0) is 18.4 Å². The Labute approximate surface area is 190 Å². The summed E-state index contributed by atoms with van der Waals surface area (Å²) in [7, 11) is 1.69. The van der Waals surface area contributed by atoms with Crippen molar-refractivity contribution < 1.29 is 4.79 Å². The highest BCUT2D eigenvalue weighted by molar-refractivity contribution is 7.99. The predicted octanol–water partition coefficient (Wildman–Crippen LogP) is 3.50. The minimum atomic E-state index is -0.111. The lowest BCUT2D eigenvalue weighted by molar-refractivity contribution is -0.131. The molecular weight excluding hydrogens is 422 g/mol. The highest BCUT2D eigenvalue weighted by Gasteiger charge is 2.34. The monoisotopic (exact) mass is 447 g/mol. The normalized spacial score (nSPS) is 14.7. The van der Waals surface area contributed by atoms with Crippen molar-refractivity contribution in [1.82, 2.24) is 24.1 Å². The van der Waals surface area contributed by atoms with Gasteiger partial charge in [0.2, 0.25) is 11.7 Å². The Morgan fingerprint density at radius 2 is 1.84 bits per heavy atom. The van der Waals surface area contributed by atoms with Gasteiger partial charge in [-0.3, -0.25) is 18.6 Å². The quantitative estimate of drug-likeness (QED) is 0.406. The maximum absolute atomic E-state index is 13.3. The Hall–Kier alpha value is -3.13. The molecule has 0 radical (unpaired) electrons. The number of carbonyl (C=O) groups is 1. The first-order chi connectivity index (χ1) is 15.5. The van der Waals surface area contributed by atoms with Crippen molar-refractivity contribution in [3.05, 3.63) is 70.5 Å². The predicted molar refractivity (Wildman–Crippen MR) is 126 cm³/mol. The van der Waals surface area contributed by atoms with Crippen LogP contribution in [-0.4, -0.2) is 41.8 Å². The maximum atomic E-state index is 13.3. The number of fused-ring (bicyclic) bond motifs is 3. The second kappa shape index (κ2) is 8.43. The number of nitrogens with zero attached hydrogens (tertiary/aromatic N) is 5. The third kappa shape index (κ3) is 3.79. The molecule has 0 N–H and O–H groups in total. The molecule has 1 unspecified atom stereocenters. The molecule has 1 saturated carbocycles. The van der Waals surface area contributed by atoms with Crippen LogP contribution in [0.3, 0.4) is 0 Å². The molecule has 0 aliphatic heterocycles. The van der Waals surface area contributed by atoms with Crippen molar-refractivity contribution >= 4 is 34.3 Å². The van der Waals surface area contributed by atoms with Gasteiger partial charge in [0.05, 0.1) is 16.7 Å². The van der Waals surface area contributed by atoms with E-state index in [4.69, 9.17) is 0 Å². The zero-order valence-electron chi connectivity index (χ0n) is 18.1. The second-order valence-corrected chi connectivity index (χ2v) is 9.32. The molecule has 1 aliphatic carbocycles. The van der Waals surface area contributed by atoms with E-state index in [9.17, 15) is 9.59 Å². The van der Waals surface area contributed by atoms with E-state index >= 15 is 0 Å². The van der Waals surface area contributed by atoms with Crippen molar-refractivity contribution in [1.29, 1.82) is 0 Å². The second-order valence-electron chi connectivity index (χ2n) is 8.37. The number of hydrogen-bond acceptors (Lipinski definition) is 5. The molecule has 5 rings (SSSR count). The van der Waals surface area contributed by atoms with Gasteiger partial charge in [-0.1, -0.05) is 54.2 Å². The lowest BCUT2D eigenvalue weighted by Gasteiger charge is -2.29. The van der Waals surface area contributed by atoms with E-state index in [2.05, 4.69) is 29.3 Å². The third-order valence-corrected chi connectivity index (χ3v) is 7.15. The molecule has 1 aliphatic rings. The Bertz CT molecular complexity index is 1340. The third-order valence-electron chi connectivity index (χ3n) is 6.23. The Balaban J connectivity index is 1.43. The number of carbonyl (C=O) groups excluding carboxylic acids is 1. The van der Waals surface area contributed by atoms with Crippen molar-refractivity contribution in [2.75, 3.05) is 5.75 Å². The van der Waals surface area contributed by atoms with Crippen LogP contribution >= 0.6 is 11.8 Å². The Morgan fingerprint density at radius 1 is 1.12 bits per heavy atom. The van der Waals surface area contributed by atoms with Crippen LogP contribution in [0.15, 0.2) is 64.5 Å². The molecule has 7 nitrogen and oxygen atoms in total. The van der Waals surface area contributed by atoms with E-state index < -0.39 is 0 Å². The molecule has 4 aromatic rings. The highest BCUT2D eigenvalue weighted by Crippen LogP contribution is 2.36. The minimum Gasteiger partial charge on any atom is -0.335 e. The molecule has 8 heteroatoms. The fourth-order valence-electron chi connectivity index (χ4n) is 4.19. The largest absolute Gasteiger partial charge is 0.335 e.